The molecule has 0 aliphatic carbocycles. The topological polar surface area (TPSA) is 29.6 Å². The molecular weight excluding hydrogens is 1190 g/mol. The number of nitrogens with zero attached hydrogens (tertiary/aromatic N) is 6. The summed E-state index contributed by atoms with van der Waals surface area (Å²) in [7, 11) is 6.23. The van der Waals surface area contributed by atoms with Crippen LogP contribution in [-0.2, 0) is 21.1 Å². The molecule has 372 valence electrons. The zero-order valence-corrected chi connectivity index (χ0v) is 52.5. The van der Waals surface area contributed by atoms with Gasteiger partial charge in [-0.15, -0.1) is 0 Å². The fourth-order valence-corrected chi connectivity index (χ4v) is 26.2. The van der Waals surface area contributed by atoms with Crippen molar-refractivity contribution in [2.45, 2.75) is 59.7 Å². The third kappa shape index (κ3) is 11.3. The van der Waals surface area contributed by atoms with Crippen molar-refractivity contribution in [3.05, 3.63) is 215 Å². The summed E-state index contributed by atoms with van der Waals surface area (Å²) in [4.78, 5) is 0. The number of hydrogen-bond acceptors (Lipinski definition) is 3. The predicted molar refractivity (Wildman–Crippen MR) is 327 cm³/mol. The van der Waals surface area contributed by atoms with Crippen LogP contribution in [0.15, 0.2) is 201 Å². The Morgan fingerprint density at radius 1 is 0.306 bits per heavy atom. The molecule has 0 fully saturated rings. The fourth-order valence-electron chi connectivity index (χ4n) is 8.67. The molecule has 0 bridgehead atoms. The van der Waals surface area contributed by atoms with Gasteiger partial charge < -0.3 is 0 Å². The van der Waals surface area contributed by atoms with E-state index in [1.165, 1.54) is 48.1 Å². The third-order valence-corrected chi connectivity index (χ3v) is 35.0. The Labute approximate surface area is 465 Å². The quantitative estimate of drug-likeness (QED) is 0.0694. The molecule has 0 atom stereocenters. The number of benzene rings is 6. The van der Waals surface area contributed by atoms with Crippen molar-refractivity contribution in [1.82, 2.24) is 27.4 Å². The Morgan fingerprint density at radius 2 is 0.458 bits per heavy atom. The molecular formula is C57H63N6P3S3Se3. The summed E-state index contributed by atoms with van der Waals surface area (Å²) < 4.78 is 15.6. The van der Waals surface area contributed by atoms with E-state index in [1.54, 1.807) is 0 Å². The van der Waals surface area contributed by atoms with E-state index in [0.29, 0.717) is 18.1 Å². The van der Waals surface area contributed by atoms with Crippen LogP contribution in [0.2, 0.25) is 0 Å². The van der Waals surface area contributed by atoms with Gasteiger partial charge in [0.1, 0.15) is 0 Å². The Hall–Kier alpha value is -3.54. The normalized spacial score (nSPS) is 11.8. The summed E-state index contributed by atoms with van der Waals surface area (Å²) >= 11 is 27.8. The monoisotopic (exact) mass is 1260 g/mol. The molecule has 6 aromatic carbocycles. The van der Waals surface area contributed by atoms with E-state index in [4.69, 9.17) is 36.7 Å². The van der Waals surface area contributed by atoms with E-state index < -0.39 is 16.5 Å². The zero-order valence-electron chi connectivity index (χ0n) is 42.3. The molecule has 0 radical (unpaired) electrons. The first-order valence-electron chi connectivity index (χ1n) is 23.9. The second kappa shape index (κ2) is 24.4. The van der Waals surface area contributed by atoms with Gasteiger partial charge in [0.2, 0.25) is 0 Å². The van der Waals surface area contributed by atoms with Crippen LogP contribution in [0.1, 0.15) is 59.7 Å². The van der Waals surface area contributed by atoms with Crippen LogP contribution in [-0.4, -0.2) is 72.7 Å². The van der Waals surface area contributed by atoms with Crippen molar-refractivity contribution in [1.29, 1.82) is 0 Å². The van der Waals surface area contributed by atoms with Gasteiger partial charge in [0.15, 0.2) is 0 Å². The van der Waals surface area contributed by atoms with E-state index in [-0.39, 0.29) is 0 Å². The average molecular weight is 1260 g/mol. The van der Waals surface area contributed by atoms with Gasteiger partial charge in [-0.05, 0) is 0 Å². The van der Waals surface area contributed by atoms with E-state index in [2.05, 4.69) is 336 Å². The van der Waals surface area contributed by atoms with Gasteiger partial charge in [0, 0.05) is 0 Å². The molecule has 72 heavy (non-hydrogen) atoms. The third-order valence-electron chi connectivity index (χ3n) is 12.7. The SMILES string of the molecule is CC(C)n1cc(P(=[Se])(c2ccccc2)c2ccccc2)n(C)c1=S.CC(C)n1cc(P(=[Se])(c2ccccc2)c2ccccc2)n(C)c1=S.CC(C)n1cc(P(=[Se])(c2ccccc2)c2ccccc2)n(C)c1=S. The van der Waals surface area contributed by atoms with Crippen LogP contribution >= 0.6 is 53.2 Å². The van der Waals surface area contributed by atoms with E-state index >= 15 is 0 Å². The summed E-state index contributed by atoms with van der Waals surface area (Å²) in [6, 6.07) is 65.3. The van der Waals surface area contributed by atoms with E-state index in [9.17, 15) is 0 Å². The molecule has 9 aromatic rings. The van der Waals surface area contributed by atoms with Gasteiger partial charge in [-0.3, -0.25) is 0 Å². The molecule has 6 nitrogen and oxygen atoms in total. The van der Waals surface area contributed by atoms with Crippen molar-refractivity contribution < 1.29 is 0 Å². The van der Waals surface area contributed by atoms with Crippen LogP contribution in [0.3, 0.4) is 0 Å². The first-order chi connectivity index (χ1) is 34.4. The van der Waals surface area contributed by atoms with Gasteiger partial charge in [0.05, 0.1) is 0 Å². The number of imidazole rings is 3. The Morgan fingerprint density at radius 3 is 0.583 bits per heavy atom. The van der Waals surface area contributed by atoms with Crippen molar-refractivity contribution >= 4 is 147 Å². The molecule has 0 saturated heterocycles. The van der Waals surface area contributed by atoms with Gasteiger partial charge in [-0.25, -0.2) is 0 Å². The van der Waals surface area contributed by atoms with Crippen LogP contribution in [0.5, 0.6) is 0 Å². The maximum atomic E-state index is 5.69. The standard InChI is InChI=1S/3C19H21N2PSSe/c3*1-15(2)21-14-18(20(3)19(21)23)22(24,16-10-6-4-7-11-16)17-12-8-5-9-13-17/h3*4-15H,1-3H3. The molecule has 0 unspecified atom stereocenters. The van der Waals surface area contributed by atoms with Gasteiger partial charge in [-0.2, -0.15) is 0 Å². The minimum atomic E-state index is -1.86. The van der Waals surface area contributed by atoms with Crippen molar-refractivity contribution in [2.24, 2.45) is 21.1 Å². The zero-order chi connectivity index (χ0) is 52.0. The molecule has 15 heteroatoms. The molecule has 0 N–H and O–H groups in total. The summed E-state index contributed by atoms with van der Waals surface area (Å²) in [6.07, 6.45) is 6.70. The van der Waals surface area contributed by atoms with Crippen LogP contribution in [0, 0.1) is 14.3 Å². The molecule has 0 aliphatic heterocycles. The van der Waals surface area contributed by atoms with Crippen LogP contribution < -0.4 is 48.1 Å². The summed E-state index contributed by atoms with van der Waals surface area (Å²) in [6.45, 7) is 13.0. The molecule has 9 rings (SSSR count). The Bertz CT molecular complexity index is 3080. The molecule has 0 amide bonds. The first kappa shape index (κ1) is 56.2. The van der Waals surface area contributed by atoms with Crippen LogP contribution in [0.25, 0.3) is 0 Å². The Kier molecular flexibility index (Phi) is 19.1. The van der Waals surface area contributed by atoms with Crippen LogP contribution in [0.4, 0.5) is 0 Å². The van der Waals surface area contributed by atoms with Gasteiger partial charge in [-0.1, -0.05) is 0 Å². The molecule has 3 aromatic heterocycles. The molecule has 3 heterocycles. The van der Waals surface area contributed by atoms with E-state index in [0.717, 1.165) is 14.3 Å². The number of aromatic nitrogens is 6. The van der Waals surface area contributed by atoms with Crippen molar-refractivity contribution in [2.75, 3.05) is 0 Å². The predicted octanol–water partition coefficient (Wildman–Crippen LogP) is 10.5. The maximum absolute atomic E-state index is 5.69. The number of rotatable bonds is 12. The molecule has 0 spiro atoms. The van der Waals surface area contributed by atoms with Crippen molar-refractivity contribution in [3.8, 4) is 0 Å². The Balaban J connectivity index is 0.000000158. The summed E-state index contributed by atoms with van der Waals surface area (Å²) in [5, 5.41) is 7.93. The van der Waals surface area contributed by atoms with Crippen molar-refractivity contribution in [3.63, 3.8) is 0 Å². The number of hydrogen-bond donors (Lipinski definition) is 0. The van der Waals surface area contributed by atoms with Gasteiger partial charge >= 0.3 is 470 Å². The van der Waals surface area contributed by atoms with E-state index in [1.807, 2.05) is 0 Å². The molecule has 0 aliphatic rings. The second-order valence-electron chi connectivity index (χ2n) is 18.3. The fraction of sp³-hybridized carbons (Fsp3) is 0.211. The average Bonchev–Trinajstić information content (AvgIpc) is 4.02. The molecule has 0 saturated carbocycles. The van der Waals surface area contributed by atoms with Gasteiger partial charge in [0.25, 0.3) is 0 Å². The second-order valence-corrected chi connectivity index (χ2v) is 37.9. The minimum absolute atomic E-state index is 0.345. The summed E-state index contributed by atoms with van der Waals surface area (Å²) in [5.74, 6) is 0. The summed E-state index contributed by atoms with van der Waals surface area (Å²) in [5.41, 5.74) is -1.79. The first-order valence-corrected chi connectivity index (χ1v) is 37.1.